The van der Waals surface area contributed by atoms with Crippen LogP contribution in [0.15, 0.2) is 27.4 Å². The number of benzene rings is 1. The summed E-state index contributed by atoms with van der Waals surface area (Å²) in [6.45, 7) is 2.66. The maximum absolute atomic E-state index is 11.6. The normalized spacial score (nSPS) is 10.9. The molecule has 3 N–H and O–H groups in total. The van der Waals surface area contributed by atoms with Crippen molar-refractivity contribution in [2.45, 2.75) is 13.5 Å². The van der Waals surface area contributed by atoms with Crippen molar-refractivity contribution >= 4 is 23.4 Å². The molecule has 2 rings (SSSR count). The predicted molar refractivity (Wildman–Crippen MR) is 85.6 cm³/mol. The largest absolute Gasteiger partial charge is 0.507 e. The average molecular weight is 330 g/mol. The molecule has 2 aromatic rings. The molecule has 0 fully saturated rings. The first kappa shape index (κ1) is 18.4. The zero-order chi connectivity index (χ0) is 15.4. The summed E-state index contributed by atoms with van der Waals surface area (Å²) >= 11 is 0. The molecule has 0 atom stereocenters. The van der Waals surface area contributed by atoms with E-state index in [0.717, 1.165) is 10.9 Å². The summed E-state index contributed by atoms with van der Waals surface area (Å²) < 4.78 is 5.24. The Labute approximate surface area is 134 Å². The van der Waals surface area contributed by atoms with E-state index in [0.29, 0.717) is 24.2 Å². The van der Waals surface area contributed by atoms with E-state index in [-0.39, 0.29) is 37.9 Å². The van der Waals surface area contributed by atoms with Gasteiger partial charge in [-0.1, -0.05) is 0 Å². The lowest BCUT2D eigenvalue weighted by molar-refractivity contribution is 0.155. The zero-order valence-corrected chi connectivity index (χ0v) is 13.1. The van der Waals surface area contributed by atoms with Crippen LogP contribution >= 0.6 is 12.4 Å². The fraction of sp³-hybridized carbons (Fsp3) is 0.400. The molecule has 0 aliphatic rings. The molecule has 1 heterocycles. The van der Waals surface area contributed by atoms with Gasteiger partial charge >= 0.3 is 5.63 Å². The highest BCUT2D eigenvalue weighted by atomic mass is 35.5. The number of halogens is 1. The number of hydrogen-bond acceptors (Lipinski definition) is 6. The molecule has 0 saturated carbocycles. The number of phenolic OH excluding ortho intramolecular Hbond substituents is 1. The van der Waals surface area contributed by atoms with Gasteiger partial charge in [0.1, 0.15) is 11.3 Å². The van der Waals surface area contributed by atoms with Gasteiger partial charge in [0.05, 0.1) is 18.8 Å². The number of nitrogens with zero attached hydrogens (tertiary/aromatic N) is 1. The van der Waals surface area contributed by atoms with E-state index >= 15 is 0 Å². The Hall–Kier alpha value is -1.60. The van der Waals surface area contributed by atoms with Crippen LogP contribution < -0.4 is 5.63 Å². The fourth-order valence-corrected chi connectivity index (χ4v) is 2.36. The van der Waals surface area contributed by atoms with Gasteiger partial charge in [0, 0.05) is 31.1 Å². The number of aryl methyl sites for hydroxylation is 1. The maximum Gasteiger partial charge on any atom is 0.336 e. The molecule has 0 radical (unpaired) electrons. The molecular weight excluding hydrogens is 310 g/mol. The monoisotopic (exact) mass is 329 g/mol. The van der Waals surface area contributed by atoms with Crippen molar-refractivity contribution in [2.24, 2.45) is 0 Å². The van der Waals surface area contributed by atoms with E-state index < -0.39 is 5.63 Å². The molecule has 6 nitrogen and oxygen atoms in total. The van der Waals surface area contributed by atoms with Crippen molar-refractivity contribution in [2.75, 3.05) is 26.3 Å². The molecule has 0 spiro atoms. The van der Waals surface area contributed by atoms with Crippen LogP contribution in [0.2, 0.25) is 0 Å². The second-order valence-electron chi connectivity index (χ2n) is 4.91. The second kappa shape index (κ2) is 8.14. The molecule has 0 aliphatic carbocycles. The Bertz CT molecular complexity index is 679. The summed E-state index contributed by atoms with van der Waals surface area (Å²) in [5.74, 6) is 0.0251. The molecule has 0 saturated heterocycles. The van der Waals surface area contributed by atoms with Gasteiger partial charge < -0.3 is 19.7 Å². The lowest BCUT2D eigenvalue weighted by atomic mass is 10.1. The topological polar surface area (TPSA) is 94.1 Å². The Balaban J connectivity index is 0.00000242. The van der Waals surface area contributed by atoms with Gasteiger partial charge in [0.25, 0.3) is 0 Å². The summed E-state index contributed by atoms with van der Waals surface area (Å²) in [6, 6.07) is 4.66. The maximum atomic E-state index is 11.6. The third kappa shape index (κ3) is 3.98. The first-order chi connectivity index (χ1) is 10.1. The summed E-state index contributed by atoms with van der Waals surface area (Å²) in [5.41, 5.74) is 1.14. The van der Waals surface area contributed by atoms with Crippen LogP contribution in [0, 0.1) is 6.92 Å². The van der Waals surface area contributed by atoms with E-state index in [4.69, 9.17) is 14.6 Å². The number of phenols is 1. The third-order valence-electron chi connectivity index (χ3n) is 3.41. The van der Waals surface area contributed by atoms with Crippen LogP contribution in [0.5, 0.6) is 5.75 Å². The van der Waals surface area contributed by atoms with Crippen molar-refractivity contribution in [1.82, 2.24) is 4.90 Å². The van der Waals surface area contributed by atoms with Crippen molar-refractivity contribution < 1.29 is 19.7 Å². The van der Waals surface area contributed by atoms with Gasteiger partial charge in [0.2, 0.25) is 0 Å². The molecule has 0 unspecified atom stereocenters. The molecule has 22 heavy (non-hydrogen) atoms. The minimum atomic E-state index is -0.470. The Morgan fingerprint density at radius 3 is 2.41 bits per heavy atom. The Morgan fingerprint density at radius 2 is 1.82 bits per heavy atom. The summed E-state index contributed by atoms with van der Waals surface area (Å²) in [4.78, 5) is 13.3. The zero-order valence-electron chi connectivity index (χ0n) is 12.3. The van der Waals surface area contributed by atoms with E-state index in [9.17, 15) is 9.90 Å². The van der Waals surface area contributed by atoms with Crippen LogP contribution in [0.3, 0.4) is 0 Å². The SMILES string of the molecule is Cc1cc(=O)oc2c(CN(CCO)CCO)c(O)ccc12.Cl. The predicted octanol–water partition coefficient (Wildman–Crippen LogP) is 1.02. The standard InChI is InChI=1S/C15H19NO5.ClH/c1-10-8-14(20)21-15-11(10)2-3-13(19)12(15)9-16(4-6-17)5-7-18;/h2-3,8,17-19H,4-7,9H2,1H3;1H. The van der Waals surface area contributed by atoms with Gasteiger partial charge in [-0.2, -0.15) is 0 Å². The highest BCUT2D eigenvalue weighted by Crippen LogP contribution is 2.29. The lowest BCUT2D eigenvalue weighted by Crippen LogP contribution is -2.29. The first-order valence-corrected chi connectivity index (χ1v) is 6.76. The van der Waals surface area contributed by atoms with Crippen molar-refractivity contribution in [3.8, 4) is 5.75 Å². The minimum absolute atomic E-state index is 0. The number of aliphatic hydroxyl groups is 2. The van der Waals surface area contributed by atoms with Crippen LogP contribution in [0.1, 0.15) is 11.1 Å². The Kier molecular flexibility index (Phi) is 6.83. The van der Waals surface area contributed by atoms with Crippen LogP contribution in [-0.4, -0.2) is 46.5 Å². The van der Waals surface area contributed by atoms with Gasteiger partial charge in [0.15, 0.2) is 0 Å². The molecule has 0 aliphatic heterocycles. The summed E-state index contributed by atoms with van der Waals surface area (Å²) in [6.07, 6.45) is 0. The summed E-state index contributed by atoms with van der Waals surface area (Å²) in [5, 5.41) is 28.9. The van der Waals surface area contributed by atoms with Gasteiger partial charge in [-0.15, -0.1) is 12.4 Å². The van der Waals surface area contributed by atoms with E-state index in [2.05, 4.69) is 0 Å². The second-order valence-corrected chi connectivity index (χ2v) is 4.91. The molecule has 0 amide bonds. The summed E-state index contributed by atoms with van der Waals surface area (Å²) in [7, 11) is 0. The van der Waals surface area contributed by atoms with E-state index in [1.807, 2.05) is 0 Å². The molecule has 7 heteroatoms. The molecule has 1 aromatic heterocycles. The number of aromatic hydroxyl groups is 1. The quantitative estimate of drug-likeness (QED) is 0.685. The van der Waals surface area contributed by atoms with Crippen LogP contribution in [0.25, 0.3) is 11.0 Å². The van der Waals surface area contributed by atoms with Crippen molar-refractivity contribution in [1.29, 1.82) is 0 Å². The first-order valence-electron chi connectivity index (χ1n) is 6.76. The third-order valence-corrected chi connectivity index (χ3v) is 3.41. The number of hydrogen-bond donors (Lipinski definition) is 3. The van der Waals surface area contributed by atoms with E-state index in [1.54, 1.807) is 24.0 Å². The van der Waals surface area contributed by atoms with Crippen molar-refractivity contribution in [3.05, 3.63) is 39.7 Å². The highest BCUT2D eigenvalue weighted by molar-refractivity contribution is 5.85. The van der Waals surface area contributed by atoms with Crippen LogP contribution in [0.4, 0.5) is 0 Å². The van der Waals surface area contributed by atoms with Crippen molar-refractivity contribution in [3.63, 3.8) is 0 Å². The fourth-order valence-electron chi connectivity index (χ4n) is 2.36. The van der Waals surface area contributed by atoms with Gasteiger partial charge in [-0.3, -0.25) is 4.90 Å². The smallest absolute Gasteiger partial charge is 0.336 e. The lowest BCUT2D eigenvalue weighted by Gasteiger charge is -2.21. The molecule has 1 aromatic carbocycles. The number of aliphatic hydroxyl groups excluding tert-OH is 2. The molecule has 122 valence electrons. The van der Waals surface area contributed by atoms with Gasteiger partial charge in [-0.25, -0.2) is 4.79 Å². The highest BCUT2D eigenvalue weighted by Gasteiger charge is 2.15. The number of fused-ring (bicyclic) bond motifs is 1. The van der Waals surface area contributed by atoms with E-state index in [1.165, 1.54) is 6.07 Å². The van der Waals surface area contributed by atoms with Crippen LogP contribution in [-0.2, 0) is 6.54 Å². The molecular formula is C15H20ClNO5. The average Bonchev–Trinajstić information content (AvgIpc) is 2.42. The molecule has 0 bridgehead atoms. The number of rotatable bonds is 6. The Morgan fingerprint density at radius 1 is 1.18 bits per heavy atom. The van der Waals surface area contributed by atoms with Gasteiger partial charge in [-0.05, 0) is 24.6 Å². The minimum Gasteiger partial charge on any atom is -0.507 e.